The smallest absolute Gasteiger partial charge is 0.410 e. The van der Waals surface area contributed by atoms with Crippen molar-refractivity contribution in [2.24, 2.45) is 5.73 Å². The second-order valence-corrected chi connectivity index (χ2v) is 34.7. The van der Waals surface area contributed by atoms with Gasteiger partial charge in [-0.3, -0.25) is 0 Å². The third kappa shape index (κ3) is 40.8. The summed E-state index contributed by atoms with van der Waals surface area (Å²) < 4.78 is 22.4. The maximum atomic E-state index is 13.0. The van der Waals surface area contributed by atoms with Crippen LogP contribution in [0.15, 0.2) is 199 Å². The lowest BCUT2D eigenvalue weighted by molar-refractivity contribution is -0.603. The van der Waals surface area contributed by atoms with Crippen LogP contribution in [0, 0.1) is 5.21 Å². The highest BCUT2D eigenvalue weighted by Crippen LogP contribution is 2.29. The van der Waals surface area contributed by atoms with Crippen molar-refractivity contribution in [2.75, 3.05) is 63.1 Å². The van der Waals surface area contributed by atoms with Crippen LogP contribution < -0.4 is 37.0 Å². The molecule has 9 rings (SSSR count). The first-order chi connectivity index (χ1) is 53.7. The quantitative estimate of drug-likeness (QED) is 0.00504. The Morgan fingerprint density at radius 1 is 0.487 bits per heavy atom. The fraction of sp³-hybridized carbons (Fsp3) is 0.462. The number of aromatic nitrogens is 3. The van der Waals surface area contributed by atoms with Crippen molar-refractivity contribution in [3.05, 3.63) is 227 Å². The van der Waals surface area contributed by atoms with Crippen LogP contribution in [-0.2, 0) is 57.8 Å². The van der Waals surface area contributed by atoms with Gasteiger partial charge in [0.25, 0.3) is 0 Å². The number of ether oxygens (including phenoxy) is 4. The summed E-state index contributed by atoms with van der Waals surface area (Å²) in [4.78, 5) is 61.2. The summed E-state index contributed by atoms with van der Waals surface area (Å²) >= 11 is 7.27. The number of unbranched alkanes of at least 4 members (excludes halogenated alkanes) is 1. The van der Waals surface area contributed by atoms with Gasteiger partial charge in [-0.15, -0.1) is 35.9 Å². The van der Waals surface area contributed by atoms with Crippen LogP contribution in [0.2, 0.25) is 0 Å². The first-order valence-corrected chi connectivity index (χ1v) is 42.0. The van der Waals surface area contributed by atoms with Crippen LogP contribution in [0.1, 0.15) is 164 Å². The third-order valence-electron chi connectivity index (χ3n) is 17.0. The van der Waals surface area contributed by atoms with E-state index in [1.54, 1.807) is 39.5 Å². The number of alkyl carbamates (subject to hydrolysis) is 2. The maximum Gasteiger partial charge on any atom is 0.410 e. The normalized spacial score (nSPS) is 12.1. The highest BCUT2D eigenvalue weighted by atomic mass is 35.5. The molecule has 0 saturated heterocycles. The van der Waals surface area contributed by atoms with Crippen LogP contribution in [0.4, 0.5) is 19.2 Å². The van der Waals surface area contributed by atoms with Gasteiger partial charge in [0, 0.05) is 135 Å². The number of rotatable bonds is 33. The van der Waals surface area contributed by atoms with Crippen molar-refractivity contribution in [2.45, 2.75) is 220 Å². The van der Waals surface area contributed by atoms with E-state index in [0.717, 1.165) is 72.6 Å². The summed E-state index contributed by atoms with van der Waals surface area (Å²) in [5.41, 5.74) is 11.0. The summed E-state index contributed by atoms with van der Waals surface area (Å²) in [7, 11) is 0. The van der Waals surface area contributed by atoms with Crippen LogP contribution in [0.5, 0.6) is 0 Å². The third-order valence-corrected chi connectivity index (χ3v) is 19.3. The minimum atomic E-state index is -0.551. The first-order valence-electron chi connectivity index (χ1n) is 39.3. The molecule has 24 heteroatoms. The van der Waals surface area contributed by atoms with Gasteiger partial charge in [0.2, 0.25) is 0 Å². The largest absolute Gasteiger partial charge is 0.619 e. The summed E-state index contributed by atoms with van der Waals surface area (Å²) in [6.45, 7) is 35.0. The van der Waals surface area contributed by atoms with Gasteiger partial charge in [-0.05, 0) is 222 Å². The molecule has 0 radical (unpaired) electrons. The summed E-state index contributed by atoms with van der Waals surface area (Å²) in [5, 5.41) is 36.1. The molecule has 4 amide bonds. The Bertz CT molecular complexity index is 4320. The van der Waals surface area contributed by atoms with E-state index < -0.39 is 28.5 Å². The highest BCUT2D eigenvalue weighted by molar-refractivity contribution is 7.99. The summed E-state index contributed by atoms with van der Waals surface area (Å²) in [5.74, 6) is 2.21. The van der Waals surface area contributed by atoms with E-state index in [1.165, 1.54) is 64.9 Å². The van der Waals surface area contributed by atoms with E-state index >= 15 is 0 Å². The van der Waals surface area contributed by atoms with E-state index in [4.69, 9.17) is 24.7 Å². The number of hydrogen-bond donors (Lipinski definition) is 7. The van der Waals surface area contributed by atoms with Gasteiger partial charge in [-0.25, -0.2) is 29.1 Å². The maximum absolute atomic E-state index is 13.0. The average Bonchev–Trinajstić information content (AvgIpc) is 0.829. The number of nitrogens with one attached hydrogen (secondary N) is 5. The number of nitrogens with zero attached hydrogens (tertiary/aromatic N) is 5. The molecular weight excluding hydrogens is 1520 g/mol. The SMILES string of the molecule is C.CC(C)(C)OC(=O)NCCS.C[C@H](CCCCc1ccccc1)NCc1ccc2c(SCCN)nccc2c1.C[C@H](CN(CCc1ccccc1)C(=O)OC(C)(C)C)NCc1ccc2c(SCCNC(=O)OC(C)(C)C)nccc2c1.C[C@H](CN(CCc1ccccc1)C(=O)OC(C)(C)C)NCc1ccc2c[n+]([O-])ccc2c1.Cl. The van der Waals surface area contributed by atoms with E-state index in [1.807, 2.05) is 156 Å². The van der Waals surface area contributed by atoms with Crippen molar-refractivity contribution in [3.8, 4) is 0 Å². The molecule has 0 unspecified atom stereocenters. The standard InChI is InChI=1S/C33H46N4O4S.C26H33N3O3.C24H31N3S.C7H15NO2S.CH4.ClH/c1-24(23-37(31(39)41-33(5,6)7)19-16-25-11-9-8-10-12-25)36-22-26-13-14-28-27(21-26)15-17-34-29(28)42-20-18-35-30(38)40-32(2,3)4;1-20(27-17-22-10-11-24-19-29(31)15-13-23(24)16-22)18-28(25(30)32-26(2,3)4)14-12-21-8-6-5-7-9-21;1-19(7-5-6-10-20-8-3-2-4-9-20)27-18-21-11-12-23-22(17-21)13-15-26-24(23)28-16-14-25;1-7(2,3)10-6(9)8-4-5-11;;/h8-15,17,21,24,36H,16,18-20,22-23H2,1-7H3,(H,35,38);5-11,13,15-16,19-20,27H,12,14,17-18H2,1-4H3;2-4,8-9,11-13,15,17,19,27H,5-7,10,14,16,18,25H2,1H3;11H,4-5H2,1-3H3,(H,8,9);1H4;1H/t24-;20-;19-;;;/m111.../s1. The molecule has 0 saturated carbocycles. The number of nitrogens with two attached hydrogens (primary N) is 1. The van der Waals surface area contributed by atoms with Crippen LogP contribution in [0.25, 0.3) is 32.3 Å². The molecule has 0 bridgehead atoms. The van der Waals surface area contributed by atoms with Crippen molar-refractivity contribution in [1.82, 2.24) is 46.4 Å². The van der Waals surface area contributed by atoms with Crippen molar-refractivity contribution >= 4 is 105 Å². The van der Waals surface area contributed by atoms with Crippen molar-refractivity contribution in [1.29, 1.82) is 0 Å². The number of thioether (sulfide) groups is 2. The number of aryl methyl sites for hydroxylation is 1. The lowest BCUT2D eigenvalue weighted by atomic mass is 10.0. The predicted molar refractivity (Wildman–Crippen MR) is 482 cm³/mol. The molecule has 6 aromatic carbocycles. The van der Waals surface area contributed by atoms with Gasteiger partial charge in [0.1, 0.15) is 32.5 Å². The fourth-order valence-corrected chi connectivity index (χ4v) is 13.4. The van der Waals surface area contributed by atoms with Gasteiger partial charge in [0.15, 0.2) is 12.4 Å². The number of thiol groups is 1. The van der Waals surface area contributed by atoms with E-state index in [9.17, 15) is 24.4 Å². The molecule has 3 heterocycles. The number of amides is 4. The second kappa shape index (κ2) is 50.9. The second-order valence-electron chi connectivity index (χ2n) is 32.1. The molecule has 0 aliphatic heterocycles. The van der Waals surface area contributed by atoms with Crippen molar-refractivity contribution < 1.29 is 42.9 Å². The number of benzene rings is 6. The molecular formula is C91H130ClN11O9S3. The Balaban J connectivity index is 0.000000343. The Hall–Kier alpha value is -8.39. The fourth-order valence-electron chi connectivity index (χ4n) is 11.6. The number of pyridine rings is 3. The Morgan fingerprint density at radius 3 is 1.31 bits per heavy atom. The van der Waals surface area contributed by atoms with Gasteiger partial charge in [-0.2, -0.15) is 17.4 Å². The molecule has 3 atom stereocenters. The monoisotopic (exact) mass is 1650 g/mol. The van der Waals surface area contributed by atoms with E-state index in [-0.39, 0.29) is 50.2 Å². The number of fused-ring (bicyclic) bond motifs is 3. The molecule has 0 aliphatic carbocycles. The Morgan fingerprint density at radius 2 is 0.887 bits per heavy atom. The number of hydrogen-bond acceptors (Lipinski definition) is 18. The molecule has 0 spiro atoms. The van der Waals surface area contributed by atoms with Crippen LogP contribution in [-0.4, -0.2) is 148 Å². The minimum absolute atomic E-state index is 0. The van der Waals surface area contributed by atoms with Crippen molar-refractivity contribution in [3.63, 3.8) is 0 Å². The van der Waals surface area contributed by atoms with Gasteiger partial charge in [0.05, 0.1) is 0 Å². The molecule has 7 N–H and O–H groups in total. The minimum Gasteiger partial charge on any atom is -0.619 e. The van der Waals surface area contributed by atoms with Crippen LogP contribution in [0.3, 0.4) is 0 Å². The topological polar surface area (TPSA) is 251 Å². The summed E-state index contributed by atoms with van der Waals surface area (Å²) in [6, 6.07) is 56.8. The first kappa shape index (κ1) is 99.0. The summed E-state index contributed by atoms with van der Waals surface area (Å²) in [6.07, 6.45) is 11.9. The highest BCUT2D eigenvalue weighted by Gasteiger charge is 2.26. The molecule has 0 aliphatic rings. The molecule has 628 valence electrons. The Labute approximate surface area is 705 Å². The number of carbonyl (C=O) groups is 4. The van der Waals surface area contributed by atoms with Gasteiger partial charge >= 0.3 is 24.4 Å². The number of halogens is 1. The zero-order chi connectivity index (χ0) is 82.4. The van der Waals surface area contributed by atoms with Gasteiger partial charge < -0.3 is 66.3 Å². The predicted octanol–water partition coefficient (Wildman–Crippen LogP) is 18.9. The lowest BCUT2D eigenvalue weighted by Gasteiger charge is -2.29. The molecule has 9 aromatic rings. The number of carbonyl (C=O) groups excluding carboxylic acids is 4. The molecule has 3 aromatic heterocycles. The average molecular weight is 1650 g/mol. The van der Waals surface area contributed by atoms with Crippen LogP contribution >= 0.6 is 48.6 Å². The van der Waals surface area contributed by atoms with Gasteiger partial charge in [-0.1, -0.05) is 135 Å². The molecule has 0 fully saturated rings. The molecule has 115 heavy (non-hydrogen) atoms. The molecule has 20 nitrogen and oxygen atoms in total. The lowest BCUT2D eigenvalue weighted by Crippen LogP contribution is -2.45. The van der Waals surface area contributed by atoms with E-state index in [0.29, 0.717) is 76.5 Å². The zero-order valence-corrected chi connectivity index (χ0v) is 73.1. The Kier molecular flexibility index (Phi) is 43.8. The van der Waals surface area contributed by atoms with E-state index in [2.05, 4.69) is 173 Å². The zero-order valence-electron chi connectivity index (χ0n) is 69.7.